The molecule has 1 aliphatic heterocycles. The van der Waals surface area contributed by atoms with Gasteiger partial charge < -0.3 is 15.4 Å². The van der Waals surface area contributed by atoms with E-state index >= 15 is 0 Å². The van der Waals surface area contributed by atoms with Crippen molar-refractivity contribution in [2.24, 2.45) is 5.92 Å². The van der Waals surface area contributed by atoms with E-state index < -0.39 is 6.04 Å². The van der Waals surface area contributed by atoms with E-state index in [9.17, 15) is 9.18 Å². The van der Waals surface area contributed by atoms with Gasteiger partial charge in [-0.3, -0.25) is 4.79 Å². The van der Waals surface area contributed by atoms with Gasteiger partial charge in [0.1, 0.15) is 11.6 Å². The minimum Gasteiger partial charge on any atom is -0.496 e. The first-order valence-corrected chi connectivity index (χ1v) is 7.94. The molecule has 1 saturated heterocycles. The van der Waals surface area contributed by atoms with Crippen LogP contribution in [0.4, 0.5) is 4.39 Å². The Balaban J connectivity index is 0.00000264. The van der Waals surface area contributed by atoms with Crippen molar-refractivity contribution in [2.75, 3.05) is 20.2 Å². The number of methoxy groups -OCH3 is 1. The van der Waals surface area contributed by atoms with Gasteiger partial charge in [0.2, 0.25) is 5.91 Å². The number of nitrogens with one attached hydrogen (secondary N) is 2. The lowest BCUT2D eigenvalue weighted by Crippen LogP contribution is -2.30. The summed E-state index contributed by atoms with van der Waals surface area (Å²) < 4.78 is 19.2. The zero-order valence-corrected chi connectivity index (χ0v) is 14.5. The van der Waals surface area contributed by atoms with Crippen molar-refractivity contribution in [1.29, 1.82) is 0 Å². The maximum Gasteiger partial charge on any atom is 0.220 e. The number of ether oxygens (including phenoxy) is 1. The normalized spacial score (nSPS) is 16.3. The van der Waals surface area contributed by atoms with E-state index in [-0.39, 0.29) is 24.1 Å². The Morgan fingerprint density at radius 3 is 2.78 bits per heavy atom. The molecule has 130 valence electrons. The van der Waals surface area contributed by atoms with Crippen molar-refractivity contribution in [3.8, 4) is 5.75 Å². The monoisotopic (exact) mass is 344 g/mol. The average molecular weight is 345 g/mol. The zero-order valence-electron chi connectivity index (χ0n) is 13.7. The highest BCUT2D eigenvalue weighted by molar-refractivity contribution is 5.85. The summed E-state index contributed by atoms with van der Waals surface area (Å²) in [5, 5.41) is 6.20. The standard InChI is InChI=1S/C17H25FN2O2.ClH/c1-12(17-14(18)4-3-5-15(17)22-2)20-16(21)7-6-13-8-10-19-11-9-13;/h3-5,12-13,19H,6-11H2,1-2H3,(H,20,21);1H. The third-order valence-electron chi connectivity index (χ3n) is 4.28. The van der Waals surface area contributed by atoms with Gasteiger partial charge in [0.05, 0.1) is 18.7 Å². The van der Waals surface area contributed by atoms with E-state index in [4.69, 9.17) is 4.74 Å². The highest BCUT2D eigenvalue weighted by Gasteiger charge is 2.19. The van der Waals surface area contributed by atoms with E-state index in [1.165, 1.54) is 13.2 Å². The Kier molecular flexibility index (Phi) is 8.34. The highest BCUT2D eigenvalue weighted by atomic mass is 35.5. The summed E-state index contributed by atoms with van der Waals surface area (Å²) in [5.41, 5.74) is 0.403. The van der Waals surface area contributed by atoms with Gasteiger partial charge in [0, 0.05) is 6.42 Å². The Morgan fingerprint density at radius 2 is 2.13 bits per heavy atom. The smallest absolute Gasteiger partial charge is 0.220 e. The van der Waals surface area contributed by atoms with Crippen molar-refractivity contribution in [1.82, 2.24) is 10.6 Å². The second-order valence-electron chi connectivity index (χ2n) is 5.88. The molecule has 1 aliphatic rings. The highest BCUT2D eigenvalue weighted by Crippen LogP contribution is 2.27. The summed E-state index contributed by atoms with van der Waals surface area (Å²) in [7, 11) is 1.50. The van der Waals surface area contributed by atoms with Gasteiger partial charge in [-0.2, -0.15) is 0 Å². The molecule has 1 aromatic carbocycles. The second-order valence-corrected chi connectivity index (χ2v) is 5.88. The third-order valence-corrected chi connectivity index (χ3v) is 4.28. The van der Waals surface area contributed by atoms with Crippen molar-refractivity contribution < 1.29 is 13.9 Å². The average Bonchev–Trinajstić information content (AvgIpc) is 2.53. The predicted molar refractivity (Wildman–Crippen MR) is 91.6 cm³/mol. The van der Waals surface area contributed by atoms with Gasteiger partial charge in [-0.05, 0) is 57.3 Å². The Morgan fingerprint density at radius 1 is 1.43 bits per heavy atom. The number of halogens is 2. The number of carbonyl (C=O) groups is 1. The van der Waals surface area contributed by atoms with Crippen LogP contribution in [-0.4, -0.2) is 26.1 Å². The summed E-state index contributed by atoms with van der Waals surface area (Å²) >= 11 is 0. The lowest BCUT2D eigenvalue weighted by atomic mass is 9.93. The van der Waals surface area contributed by atoms with Gasteiger partial charge in [0.25, 0.3) is 0 Å². The van der Waals surface area contributed by atoms with E-state index in [0.717, 1.165) is 32.4 Å². The number of benzene rings is 1. The lowest BCUT2D eigenvalue weighted by Gasteiger charge is -2.23. The van der Waals surface area contributed by atoms with Gasteiger partial charge >= 0.3 is 0 Å². The molecule has 1 fully saturated rings. The van der Waals surface area contributed by atoms with E-state index in [1.807, 2.05) is 0 Å². The molecule has 1 amide bonds. The number of piperidine rings is 1. The minimum absolute atomic E-state index is 0. The van der Waals surface area contributed by atoms with E-state index in [1.54, 1.807) is 19.1 Å². The summed E-state index contributed by atoms with van der Waals surface area (Å²) in [6.07, 6.45) is 3.65. The van der Waals surface area contributed by atoms with Gasteiger partial charge in [-0.1, -0.05) is 6.07 Å². The van der Waals surface area contributed by atoms with Crippen molar-refractivity contribution in [2.45, 2.75) is 38.6 Å². The molecule has 2 N–H and O–H groups in total. The quantitative estimate of drug-likeness (QED) is 0.833. The summed E-state index contributed by atoms with van der Waals surface area (Å²) in [6, 6.07) is 4.28. The fourth-order valence-electron chi connectivity index (χ4n) is 3.01. The fourth-order valence-corrected chi connectivity index (χ4v) is 3.01. The SMILES string of the molecule is COc1cccc(F)c1C(C)NC(=O)CCC1CCNCC1.Cl. The molecule has 0 saturated carbocycles. The van der Waals surface area contributed by atoms with Crippen molar-refractivity contribution in [3.63, 3.8) is 0 Å². The maximum absolute atomic E-state index is 14.0. The van der Waals surface area contributed by atoms with Crippen LogP contribution in [0, 0.1) is 11.7 Å². The van der Waals surface area contributed by atoms with Crippen LogP contribution in [0.5, 0.6) is 5.75 Å². The van der Waals surface area contributed by atoms with Gasteiger partial charge in [-0.25, -0.2) is 4.39 Å². The molecule has 0 aromatic heterocycles. The number of hydrogen-bond acceptors (Lipinski definition) is 3. The fraction of sp³-hybridized carbons (Fsp3) is 0.588. The number of hydrogen-bond donors (Lipinski definition) is 2. The van der Waals surface area contributed by atoms with Crippen LogP contribution in [0.1, 0.15) is 44.2 Å². The molecule has 2 rings (SSSR count). The zero-order chi connectivity index (χ0) is 15.9. The predicted octanol–water partition coefficient (Wildman–Crippen LogP) is 3.21. The molecule has 6 heteroatoms. The molecule has 4 nitrogen and oxygen atoms in total. The van der Waals surface area contributed by atoms with Crippen LogP contribution in [0.2, 0.25) is 0 Å². The molecule has 0 radical (unpaired) electrons. The second kappa shape index (κ2) is 9.73. The van der Waals surface area contributed by atoms with Crippen molar-refractivity contribution >= 4 is 18.3 Å². The number of carbonyl (C=O) groups excluding carboxylic acids is 1. The van der Waals surface area contributed by atoms with E-state index in [0.29, 0.717) is 23.7 Å². The van der Waals surface area contributed by atoms with Crippen LogP contribution in [0.25, 0.3) is 0 Å². The maximum atomic E-state index is 14.0. The van der Waals surface area contributed by atoms with Gasteiger partial charge in [0.15, 0.2) is 0 Å². The number of rotatable bonds is 6. The minimum atomic E-state index is -0.406. The first-order valence-electron chi connectivity index (χ1n) is 7.94. The first-order chi connectivity index (χ1) is 10.6. The molecule has 1 atom stereocenters. The molecule has 1 aromatic rings. The molecule has 1 heterocycles. The van der Waals surface area contributed by atoms with E-state index in [2.05, 4.69) is 10.6 Å². The first kappa shape index (κ1) is 19.7. The molecule has 0 spiro atoms. The summed E-state index contributed by atoms with van der Waals surface area (Å²) in [5.74, 6) is 0.693. The van der Waals surface area contributed by atoms with Crippen molar-refractivity contribution in [3.05, 3.63) is 29.6 Å². The lowest BCUT2D eigenvalue weighted by molar-refractivity contribution is -0.122. The Bertz CT molecular complexity index is 507. The van der Waals surface area contributed by atoms with Crippen LogP contribution in [-0.2, 0) is 4.79 Å². The van der Waals surface area contributed by atoms with Gasteiger partial charge in [-0.15, -0.1) is 12.4 Å². The summed E-state index contributed by atoms with van der Waals surface area (Å²) in [4.78, 5) is 12.1. The molecule has 0 aliphatic carbocycles. The Hall–Kier alpha value is -1.33. The molecule has 1 unspecified atom stereocenters. The third kappa shape index (κ3) is 5.66. The topological polar surface area (TPSA) is 50.4 Å². The van der Waals surface area contributed by atoms with Crippen LogP contribution in [0.15, 0.2) is 18.2 Å². The molecular formula is C17H26ClFN2O2. The van der Waals surface area contributed by atoms with Crippen LogP contribution in [0.3, 0.4) is 0 Å². The summed E-state index contributed by atoms with van der Waals surface area (Å²) in [6.45, 7) is 3.85. The van der Waals surface area contributed by atoms with Crippen LogP contribution >= 0.6 is 12.4 Å². The Labute approximate surface area is 143 Å². The van der Waals surface area contributed by atoms with Crippen LogP contribution < -0.4 is 15.4 Å². The number of amides is 1. The largest absolute Gasteiger partial charge is 0.496 e. The molecule has 0 bridgehead atoms. The molecule has 23 heavy (non-hydrogen) atoms. The molecular weight excluding hydrogens is 319 g/mol.